The van der Waals surface area contributed by atoms with Crippen molar-refractivity contribution in [2.45, 2.75) is 13.8 Å². The minimum atomic E-state index is -0.938. The highest BCUT2D eigenvalue weighted by atomic mass is 16.6. The van der Waals surface area contributed by atoms with Gasteiger partial charge in [0.25, 0.3) is 11.6 Å². The fourth-order valence-electron chi connectivity index (χ4n) is 2.25. The summed E-state index contributed by atoms with van der Waals surface area (Å²) in [5.41, 5.74) is -0.475. The lowest BCUT2D eigenvalue weighted by Gasteiger charge is -2.23. The predicted molar refractivity (Wildman–Crippen MR) is 95.5 cm³/mol. The summed E-state index contributed by atoms with van der Waals surface area (Å²) in [6, 6.07) is 3.47. The number of nitro groups is 1. The minimum Gasteiger partial charge on any atom is -0.496 e. The number of benzene rings is 1. The van der Waals surface area contributed by atoms with Crippen LogP contribution in [0.5, 0.6) is 5.75 Å². The van der Waals surface area contributed by atoms with Crippen LogP contribution in [0.4, 0.5) is 5.69 Å². The molecule has 0 aliphatic heterocycles. The van der Waals surface area contributed by atoms with E-state index in [1.54, 1.807) is 4.90 Å². The summed E-state index contributed by atoms with van der Waals surface area (Å²) in [5.74, 6) is -1.65. The lowest BCUT2D eigenvalue weighted by molar-refractivity contribution is -0.384. The van der Waals surface area contributed by atoms with E-state index in [1.165, 1.54) is 26.3 Å². The van der Waals surface area contributed by atoms with Gasteiger partial charge in [0.05, 0.1) is 18.6 Å². The summed E-state index contributed by atoms with van der Waals surface area (Å²) in [4.78, 5) is 49.2. The Kier molecular flexibility index (Phi) is 8.18. The highest BCUT2D eigenvalue weighted by molar-refractivity contribution is 5.95. The Morgan fingerprint density at radius 3 is 2.30 bits per heavy atom. The zero-order valence-corrected chi connectivity index (χ0v) is 15.8. The molecular formula is C17H23N3O7. The van der Waals surface area contributed by atoms with Crippen LogP contribution in [0.3, 0.4) is 0 Å². The van der Waals surface area contributed by atoms with Crippen LogP contribution in [0.25, 0.3) is 0 Å². The van der Waals surface area contributed by atoms with E-state index in [2.05, 4.69) is 0 Å². The lowest BCUT2D eigenvalue weighted by Crippen LogP contribution is -2.42. The standard InChI is InChI=1S/C17H23N3O7/c1-5-19(6-2)15(21)10-18(3)16(22)11-27-17(23)13-9-12(20(24)25)7-8-14(13)26-4/h7-9H,5-6,10-11H2,1-4H3. The normalized spacial score (nSPS) is 10.1. The van der Waals surface area contributed by atoms with E-state index < -0.39 is 23.4 Å². The van der Waals surface area contributed by atoms with Crippen LogP contribution < -0.4 is 4.74 Å². The van der Waals surface area contributed by atoms with E-state index in [4.69, 9.17) is 9.47 Å². The fourth-order valence-corrected chi connectivity index (χ4v) is 2.25. The number of nitrogens with zero attached hydrogens (tertiary/aromatic N) is 3. The first-order valence-corrected chi connectivity index (χ1v) is 8.26. The number of rotatable bonds is 9. The van der Waals surface area contributed by atoms with Gasteiger partial charge in [0.2, 0.25) is 5.91 Å². The number of amides is 2. The van der Waals surface area contributed by atoms with E-state index in [9.17, 15) is 24.5 Å². The maximum atomic E-state index is 12.2. The van der Waals surface area contributed by atoms with E-state index in [0.29, 0.717) is 13.1 Å². The molecule has 0 aromatic heterocycles. The third kappa shape index (κ3) is 5.94. The van der Waals surface area contributed by atoms with E-state index >= 15 is 0 Å². The number of esters is 1. The van der Waals surface area contributed by atoms with Crippen LogP contribution in [-0.2, 0) is 14.3 Å². The van der Waals surface area contributed by atoms with Gasteiger partial charge < -0.3 is 19.3 Å². The molecule has 2 amide bonds. The van der Waals surface area contributed by atoms with Crippen LogP contribution in [-0.4, -0.2) is 72.9 Å². The molecule has 0 aliphatic carbocycles. The molecule has 0 saturated carbocycles. The van der Waals surface area contributed by atoms with Crippen molar-refractivity contribution in [3.63, 3.8) is 0 Å². The maximum Gasteiger partial charge on any atom is 0.342 e. The first-order valence-electron chi connectivity index (χ1n) is 8.26. The molecule has 0 radical (unpaired) electrons. The molecule has 0 heterocycles. The molecule has 10 heteroatoms. The van der Waals surface area contributed by atoms with Gasteiger partial charge in [0.1, 0.15) is 11.3 Å². The Morgan fingerprint density at radius 2 is 1.78 bits per heavy atom. The van der Waals surface area contributed by atoms with Crippen LogP contribution >= 0.6 is 0 Å². The Balaban J connectivity index is 2.73. The molecule has 0 N–H and O–H groups in total. The summed E-state index contributed by atoms with van der Waals surface area (Å²) in [6.45, 7) is 3.97. The zero-order valence-electron chi connectivity index (χ0n) is 15.8. The topological polar surface area (TPSA) is 119 Å². The van der Waals surface area contributed by atoms with Crippen molar-refractivity contribution in [2.75, 3.05) is 40.4 Å². The molecule has 0 unspecified atom stereocenters. The van der Waals surface area contributed by atoms with Crippen LogP contribution in [0.2, 0.25) is 0 Å². The van der Waals surface area contributed by atoms with Gasteiger partial charge in [-0.15, -0.1) is 0 Å². The number of carbonyl (C=O) groups excluding carboxylic acids is 3. The SMILES string of the molecule is CCN(CC)C(=O)CN(C)C(=O)COC(=O)c1cc([N+](=O)[O-])ccc1OC. The van der Waals surface area contributed by atoms with Crippen molar-refractivity contribution in [3.05, 3.63) is 33.9 Å². The number of likely N-dealkylation sites (N-methyl/N-ethyl adjacent to an activating group) is 2. The van der Waals surface area contributed by atoms with Gasteiger partial charge in [0, 0.05) is 32.3 Å². The first-order chi connectivity index (χ1) is 12.7. The summed E-state index contributed by atoms with van der Waals surface area (Å²) >= 11 is 0. The first kappa shape index (κ1) is 21.9. The zero-order chi connectivity index (χ0) is 20.6. The number of nitro benzene ring substituents is 1. The Bertz CT molecular complexity index is 716. The smallest absolute Gasteiger partial charge is 0.342 e. The number of hydrogen-bond acceptors (Lipinski definition) is 7. The van der Waals surface area contributed by atoms with E-state index in [1.807, 2.05) is 13.8 Å². The monoisotopic (exact) mass is 381 g/mol. The lowest BCUT2D eigenvalue weighted by atomic mass is 10.2. The van der Waals surface area contributed by atoms with Gasteiger partial charge in [-0.3, -0.25) is 19.7 Å². The number of carbonyl (C=O) groups is 3. The van der Waals surface area contributed by atoms with Gasteiger partial charge in [-0.05, 0) is 19.9 Å². The van der Waals surface area contributed by atoms with Crippen molar-refractivity contribution in [2.24, 2.45) is 0 Å². The van der Waals surface area contributed by atoms with Gasteiger partial charge in [0.15, 0.2) is 6.61 Å². The second kappa shape index (κ2) is 10.1. The van der Waals surface area contributed by atoms with Crippen molar-refractivity contribution in [1.82, 2.24) is 9.80 Å². The van der Waals surface area contributed by atoms with Gasteiger partial charge in [-0.2, -0.15) is 0 Å². The summed E-state index contributed by atoms with van der Waals surface area (Å²) < 4.78 is 9.92. The average Bonchev–Trinajstić information content (AvgIpc) is 2.65. The molecule has 10 nitrogen and oxygen atoms in total. The average molecular weight is 381 g/mol. The second-order valence-corrected chi connectivity index (χ2v) is 5.53. The summed E-state index contributed by atoms with van der Waals surface area (Å²) in [5, 5.41) is 10.9. The number of non-ortho nitro benzene ring substituents is 1. The number of ether oxygens (including phenoxy) is 2. The van der Waals surface area contributed by atoms with E-state index in [-0.39, 0.29) is 29.5 Å². The van der Waals surface area contributed by atoms with Crippen molar-refractivity contribution in [1.29, 1.82) is 0 Å². The molecule has 148 valence electrons. The summed E-state index contributed by atoms with van der Waals surface area (Å²) in [6.07, 6.45) is 0. The molecule has 0 fully saturated rings. The molecule has 0 aliphatic rings. The van der Waals surface area contributed by atoms with Crippen LogP contribution in [0.15, 0.2) is 18.2 Å². The molecule has 1 rings (SSSR count). The molecule has 0 saturated heterocycles. The molecule has 1 aromatic rings. The second-order valence-electron chi connectivity index (χ2n) is 5.53. The molecule has 27 heavy (non-hydrogen) atoms. The fraction of sp³-hybridized carbons (Fsp3) is 0.471. The highest BCUT2D eigenvalue weighted by Crippen LogP contribution is 2.24. The Hall–Kier alpha value is -3.17. The van der Waals surface area contributed by atoms with Crippen molar-refractivity contribution in [3.8, 4) is 5.75 Å². The molecule has 0 atom stereocenters. The maximum absolute atomic E-state index is 12.2. The van der Waals surface area contributed by atoms with Gasteiger partial charge >= 0.3 is 5.97 Å². The Labute approximate surface area is 156 Å². The minimum absolute atomic E-state index is 0.0862. The quantitative estimate of drug-likeness (QED) is 0.357. The molecule has 1 aromatic carbocycles. The Morgan fingerprint density at radius 1 is 1.15 bits per heavy atom. The van der Waals surface area contributed by atoms with Crippen LogP contribution in [0, 0.1) is 10.1 Å². The third-order valence-corrected chi connectivity index (χ3v) is 3.85. The van der Waals surface area contributed by atoms with Gasteiger partial charge in [-0.1, -0.05) is 0 Å². The molecule has 0 spiro atoms. The van der Waals surface area contributed by atoms with Crippen molar-refractivity contribution >= 4 is 23.5 Å². The van der Waals surface area contributed by atoms with Gasteiger partial charge in [-0.25, -0.2) is 4.79 Å². The number of hydrogen-bond donors (Lipinski definition) is 0. The summed E-state index contributed by atoms with van der Waals surface area (Å²) in [7, 11) is 2.72. The third-order valence-electron chi connectivity index (χ3n) is 3.85. The highest BCUT2D eigenvalue weighted by Gasteiger charge is 2.21. The van der Waals surface area contributed by atoms with Crippen molar-refractivity contribution < 1.29 is 28.8 Å². The van der Waals surface area contributed by atoms with Crippen LogP contribution in [0.1, 0.15) is 24.2 Å². The molecule has 0 bridgehead atoms. The van der Waals surface area contributed by atoms with E-state index in [0.717, 1.165) is 11.0 Å². The largest absolute Gasteiger partial charge is 0.496 e. The predicted octanol–water partition coefficient (Wildman–Crippen LogP) is 1.09. The molecular weight excluding hydrogens is 358 g/mol. The number of methoxy groups -OCH3 is 1.